The number of methoxy groups -OCH3 is 1. The topological polar surface area (TPSA) is 78.9 Å². The molecule has 0 aliphatic carbocycles. The number of benzene rings is 3. The highest BCUT2D eigenvalue weighted by Gasteiger charge is 2.18. The molecule has 164 valence electrons. The Kier molecular flexibility index (Phi) is 6.10. The lowest BCUT2D eigenvalue weighted by atomic mass is 10.2. The van der Waals surface area contributed by atoms with Crippen LogP contribution in [0.3, 0.4) is 0 Å². The maximum atomic E-state index is 6.11. The van der Waals surface area contributed by atoms with E-state index in [1.807, 2.05) is 83.4 Å². The van der Waals surface area contributed by atoms with Gasteiger partial charge in [-0.3, -0.25) is 4.57 Å². The molecule has 0 aliphatic heterocycles. The summed E-state index contributed by atoms with van der Waals surface area (Å²) in [5.74, 6) is 2.93. The molecule has 0 fully saturated rings. The maximum Gasteiger partial charge on any atom is 0.247 e. The quantitative estimate of drug-likeness (QED) is 0.269. The van der Waals surface area contributed by atoms with E-state index in [-0.39, 0.29) is 0 Å². The first-order chi connectivity index (χ1) is 16.2. The summed E-state index contributed by atoms with van der Waals surface area (Å²) in [5, 5.41) is 18.6. The molecule has 0 amide bonds. The Hall–Kier alpha value is -3.62. The minimum atomic E-state index is 0.453. The zero-order valence-corrected chi connectivity index (χ0v) is 19.1. The lowest BCUT2D eigenvalue weighted by molar-refractivity contribution is 0.415. The van der Waals surface area contributed by atoms with Crippen molar-refractivity contribution in [3.63, 3.8) is 0 Å². The van der Waals surface area contributed by atoms with Crippen molar-refractivity contribution in [2.24, 2.45) is 0 Å². The molecule has 0 bridgehead atoms. The summed E-state index contributed by atoms with van der Waals surface area (Å²) in [4.78, 5) is 0. The Morgan fingerprint density at radius 1 is 0.848 bits per heavy atom. The van der Waals surface area contributed by atoms with E-state index < -0.39 is 0 Å². The van der Waals surface area contributed by atoms with Gasteiger partial charge in [0, 0.05) is 21.8 Å². The van der Waals surface area contributed by atoms with E-state index in [0.717, 1.165) is 22.6 Å². The maximum absolute atomic E-state index is 6.11. The summed E-state index contributed by atoms with van der Waals surface area (Å²) in [6, 6.07) is 24.9. The molecule has 9 heteroatoms. The van der Waals surface area contributed by atoms with Crippen LogP contribution in [0, 0.1) is 0 Å². The first-order valence-electron chi connectivity index (χ1n) is 10.1. The van der Waals surface area contributed by atoms with Crippen LogP contribution in [0.15, 0.2) is 88.4 Å². The molecule has 3 aromatic carbocycles. The third-order valence-electron chi connectivity index (χ3n) is 4.88. The van der Waals surface area contributed by atoms with Crippen LogP contribution in [-0.2, 0) is 5.75 Å². The largest absolute Gasteiger partial charge is 0.497 e. The summed E-state index contributed by atoms with van der Waals surface area (Å²) in [6.45, 7) is 0. The van der Waals surface area contributed by atoms with E-state index in [9.17, 15) is 0 Å². The third kappa shape index (κ3) is 4.62. The molecule has 0 spiro atoms. The highest BCUT2D eigenvalue weighted by atomic mass is 35.5. The van der Waals surface area contributed by atoms with Crippen LogP contribution in [0.4, 0.5) is 0 Å². The van der Waals surface area contributed by atoms with Gasteiger partial charge in [-0.15, -0.1) is 20.4 Å². The van der Waals surface area contributed by atoms with Crippen LogP contribution < -0.4 is 4.74 Å². The molecule has 0 unspecified atom stereocenters. The van der Waals surface area contributed by atoms with Crippen LogP contribution in [0.2, 0.25) is 5.02 Å². The number of thioether (sulfide) groups is 1. The fraction of sp³-hybridized carbons (Fsp3) is 0.0833. The highest BCUT2D eigenvalue weighted by molar-refractivity contribution is 7.98. The molecule has 0 atom stereocenters. The molecular formula is C24H18ClN5O2S. The van der Waals surface area contributed by atoms with Gasteiger partial charge in [0.15, 0.2) is 11.0 Å². The van der Waals surface area contributed by atoms with Crippen LogP contribution in [0.5, 0.6) is 5.75 Å². The second-order valence-electron chi connectivity index (χ2n) is 7.00. The Labute approximate surface area is 199 Å². The van der Waals surface area contributed by atoms with Crippen molar-refractivity contribution in [1.29, 1.82) is 0 Å². The van der Waals surface area contributed by atoms with Crippen LogP contribution in [0.1, 0.15) is 5.89 Å². The lowest BCUT2D eigenvalue weighted by Gasteiger charge is -2.10. The Bertz CT molecular complexity index is 1350. The standard InChI is InChI=1S/C24H18ClN5O2S/c1-31-20-13-7-16(8-14-20)22-27-29-24(30(22)19-11-9-18(25)10-12-19)33-15-21-26-28-23(32-21)17-5-3-2-4-6-17/h2-14H,15H2,1H3. The highest BCUT2D eigenvalue weighted by Crippen LogP contribution is 2.31. The monoisotopic (exact) mass is 475 g/mol. The Morgan fingerprint density at radius 2 is 1.61 bits per heavy atom. The third-order valence-corrected chi connectivity index (χ3v) is 6.04. The van der Waals surface area contributed by atoms with Gasteiger partial charge in [-0.1, -0.05) is 41.6 Å². The molecule has 5 rings (SSSR count). The second-order valence-corrected chi connectivity index (χ2v) is 8.38. The predicted molar refractivity (Wildman–Crippen MR) is 128 cm³/mol. The summed E-state index contributed by atoms with van der Waals surface area (Å²) < 4.78 is 13.1. The van der Waals surface area contributed by atoms with Crippen molar-refractivity contribution in [3.05, 3.63) is 89.8 Å². The van der Waals surface area contributed by atoms with E-state index in [4.69, 9.17) is 20.8 Å². The van der Waals surface area contributed by atoms with Gasteiger partial charge in [0.2, 0.25) is 11.8 Å². The Morgan fingerprint density at radius 3 is 2.33 bits per heavy atom. The second kappa shape index (κ2) is 9.48. The van der Waals surface area contributed by atoms with Crippen molar-refractivity contribution in [2.75, 3.05) is 7.11 Å². The van der Waals surface area contributed by atoms with Crippen LogP contribution in [-0.4, -0.2) is 32.1 Å². The van der Waals surface area contributed by atoms with Gasteiger partial charge in [-0.05, 0) is 60.7 Å². The average Bonchev–Trinajstić information content (AvgIpc) is 3.51. The fourth-order valence-corrected chi connectivity index (χ4v) is 4.16. The number of halogens is 1. The molecule has 7 nitrogen and oxygen atoms in total. The molecule has 0 saturated carbocycles. The van der Waals surface area contributed by atoms with E-state index in [1.165, 1.54) is 11.8 Å². The summed E-state index contributed by atoms with van der Waals surface area (Å²) >= 11 is 7.58. The number of ether oxygens (including phenoxy) is 1. The minimum absolute atomic E-state index is 0.453. The van der Waals surface area contributed by atoms with Gasteiger partial charge in [0.1, 0.15) is 5.75 Å². The van der Waals surface area contributed by atoms with Gasteiger partial charge < -0.3 is 9.15 Å². The van der Waals surface area contributed by atoms with Crippen LogP contribution >= 0.6 is 23.4 Å². The minimum Gasteiger partial charge on any atom is -0.497 e. The zero-order valence-electron chi connectivity index (χ0n) is 17.6. The van der Waals surface area contributed by atoms with Crippen molar-refractivity contribution in [1.82, 2.24) is 25.0 Å². The van der Waals surface area contributed by atoms with Crippen LogP contribution in [0.25, 0.3) is 28.5 Å². The molecule has 0 N–H and O–H groups in total. The Balaban J connectivity index is 1.45. The van der Waals surface area contributed by atoms with E-state index in [0.29, 0.717) is 33.5 Å². The van der Waals surface area contributed by atoms with Crippen molar-refractivity contribution < 1.29 is 9.15 Å². The summed E-state index contributed by atoms with van der Waals surface area (Å²) in [6.07, 6.45) is 0. The van der Waals surface area contributed by atoms with Crippen molar-refractivity contribution in [2.45, 2.75) is 10.9 Å². The van der Waals surface area contributed by atoms with Gasteiger partial charge in [-0.25, -0.2) is 0 Å². The zero-order chi connectivity index (χ0) is 22.6. The number of hydrogen-bond donors (Lipinski definition) is 0. The normalized spacial score (nSPS) is 11.0. The molecule has 33 heavy (non-hydrogen) atoms. The molecule has 0 saturated heterocycles. The van der Waals surface area contributed by atoms with Gasteiger partial charge >= 0.3 is 0 Å². The molecular weight excluding hydrogens is 458 g/mol. The van der Waals surface area contributed by atoms with Gasteiger partial charge in [0.25, 0.3) is 0 Å². The predicted octanol–water partition coefficient (Wildman–Crippen LogP) is 5.94. The average molecular weight is 476 g/mol. The van der Waals surface area contributed by atoms with E-state index in [1.54, 1.807) is 7.11 Å². The smallest absolute Gasteiger partial charge is 0.247 e. The fourth-order valence-electron chi connectivity index (χ4n) is 3.25. The van der Waals surface area contributed by atoms with E-state index >= 15 is 0 Å². The summed E-state index contributed by atoms with van der Waals surface area (Å²) in [5.41, 5.74) is 2.69. The lowest BCUT2D eigenvalue weighted by Crippen LogP contribution is -2.00. The number of rotatable bonds is 7. The van der Waals surface area contributed by atoms with E-state index in [2.05, 4.69) is 20.4 Å². The summed E-state index contributed by atoms with van der Waals surface area (Å²) in [7, 11) is 1.64. The molecule has 2 heterocycles. The first kappa shape index (κ1) is 21.2. The molecule has 5 aromatic rings. The first-order valence-corrected chi connectivity index (χ1v) is 11.4. The van der Waals surface area contributed by atoms with Gasteiger partial charge in [0.05, 0.1) is 12.9 Å². The number of aromatic nitrogens is 5. The number of hydrogen-bond acceptors (Lipinski definition) is 7. The molecule has 0 radical (unpaired) electrons. The van der Waals surface area contributed by atoms with Crippen molar-refractivity contribution >= 4 is 23.4 Å². The van der Waals surface area contributed by atoms with Gasteiger partial charge in [-0.2, -0.15) is 0 Å². The van der Waals surface area contributed by atoms with Crippen molar-refractivity contribution in [3.8, 4) is 34.3 Å². The number of nitrogens with zero attached hydrogens (tertiary/aromatic N) is 5. The SMILES string of the molecule is COc1ccc(-c2nnc(SCc3nnc(-c4ccccc4)o3)n2-c2ccc(Cl)cc2)cc1. The molecule has 0 aliphatic rings. The molecule has 2 aromatic heterocycles.